The molecule has 1 unspecified atom stereocenters. The highest BCUT2D eigenvalue weighted by Gasteiger charge is 2.09. The van der Waals surface area contributed by atoms with E-state index in [0.29, 0.717) is 18.1 Å². The van der Waals surface area contributed by atoms with Crippen LogP contribution in [0.4, 0.5) is 0 Å². The quantitative estimate of drug-likeness (QED) is 0.757. The summed E-state index contributed by atoms with van der Waals surface area (Å²) < 4.78 is 10.6. The minimum Gasteiger partial charge on any atom is -0.493 e. The maximum absolute atomic E-state index is 5.44. The fourth-order valence-electron chi connectivity index (χ4n) is 1.29. The third kappa shape index (κ3) is 2.84. The van der Waals surface area contributed by atoms with E-state index in [1.165, 1.54) is 0 Å². The van der Waals surface area contributed by atoms with Gasteiger partial charge >= 0.3 is 0 Å². The molecule has 0 heterocycles. The maximum Gasteiger partial charge on any atom is 0.161 e. The van der Waals surface area contributed by atoms with Gasteiger partial charge in [-0.3, -0.25) is 4.84 Å². The lowest BCUT2D eigenvalue weighted by atomic mass is 10.1. The first kappa shape index (κ1) is 11.8. The molecule has 1 rings (SSSR count). The van der Waals surface area contributed by atoms with Crippen LogP contribution in [0.2, 0.25) is 0 Å². The Labute approximate surface area is 89.9 Å². The van der Waals surface area contributed by atoms with E-state index in [9.17, 15) is 0 Å². The van der Waals surface area contributed by atoms with E-state index in [-0.39, 0.29) is 6.10 Å². The normalized spacial score (nSPS) is 12.3. The number of ether oxygens (including phenoxy) is 2. The number of benzene rings is 1. The molecule has 0 radical (unpaired) electrons. The van der Waals surface area contributed by atoms with Gasteiger partial charge in [0, 0.05) is 0 Å². The van der Waals surface area contributed by atoms with Crippen LogP contribution in [0.25, 0.3) is 0 Å². The second kappa shape index (κ2) is 5.58. The first-order valence-corrected chi connectivity index (χ1v) is 4.89. The van der Waals surface area contributed by atoms with Gasteiger partial charge in [-0.05, 0) is 31.5 Å². The summed E-state index contributed by atoms with van der Waals surface area (Å²) in [5.41, 5.74) is 0.960. The summed E-state index contributed by atoms with van der Waals surface area (Å²) in [4.78, 5) is 4.75. The summed E-state index contributed by atoms with van der Waals surface area (Å²) in [6.07, 6.45) is -0.157. The van der Waals surface area contributed by atoms with Gasteiger partial charge in [0.15, 0.2) is 11.5 Å². The van der Waals surface area contributed by atoms with Gasteiger partial charge in [0.25, 0.3) is 0 Å². The average Bonchev–Trinajstić information content (AvgIpc) is 2.28. The van der Waals surface area contributed by atoms with Crippen LogP contribution in [0.5, 0.6) is 11.5 Å². The van der Waals surface area contributed by atoms with E-state index in [2.05, 4.69) is 0 Å². The van der Waals surface area contributed by atoms with E-state index in [0.717, 1.165) is 5.56 Å². The summed E-state index contributed by atoms with van der Waals surface area (Å²) in [5.74, 6) is 6.55. The summed E-state index contributed by atoms with van der Waals surface area (Å²) in [6, 6.07) is 5.62. The molecule has 4 nitrogen and oxygen atoms in total. The van der Waals surface area contributed by atoms with Crippen molar-refractivity contribution in [2.75, 3.05) is 13.7 Å². The highest BCUT2D eigenvalue weighted by atomic mass is 16.6. The topological polar surface area (TPSA) is 53.7 Å². The SMILES string of the molecule is CCOc1cc(C(C)ON)ccc1OC. The van der Waals surface area contributed by atoms with Gasteiger partial charge in [0.2, 0.25) is 0 Å². The summed E-state index contributed by atoms with van der Waals surface area (Å²) in [5, 5.41) is 0. The summed E-state index contributed by atoms with van der Waals surface area (Å²) >= 11 is 0. The van der Waals surface area contributed by atoms with E-state index >= 15 is 0 Å². The first-order chi connectivity index (χ1) is 7.22. The van der Waals surface area contributed by atoms with Gasteiger partial charge in [-0.25, -0.2) is 5.90 Å². The summed E-state index contributed by atoms with van der Waals surface area (Å²) in [7, 11) is 1.61. The number of hydrogen-bond donors (Lipinski definition) is 1. The molecule has 1 atom stereocenters. The standard InChI is InChI=1S/C11H17NO3/c1-4-14-11-7-9(8(2)15-12)5-6-10(11)13-3/h5-8H,4,12H2,1-3H3. The van der Waals surface area contributed by atoms with Crippen molar-refractivity contribution in [2.24, 2.45) is 5.90 Å². The van der Waals surface area contributed by atoms with Crippen molar-refractivity contribution >= 4 is 0 Å². The van der Waals surface area contributed by atoms with Crippen LogP contribution in [0.15, 0.2) is 18.2 Å². The number of nitrogens with two attached hydrogens (primary N) is 1. The van der Waals surface area contributed by atoms with Crippen LogP contribution in [-0.2, 0) is 4.84 Å². The van der Waals surface area contributed by atoms with Crippen LogP contribution in [0.3, 0.4) is 0 Å². The molecule has 0 fully saturated rings. The van der Waals surface area contributed by atoms with E-state index < -0.39 is 0 Å². The Morgan fingerprint density at radius 3 is 2.60 bits per heavy atom. The largest absolute Gasteiger partial charge is 0.493 e. The molecule has 0 saturated heterocycles. The molecule has 4 heteroatoms. The van der Waals surface area contributed by atoms with Crippen LogP contribution in [0.1, 0.15) is 25.5 Å². The Balaban J connectivity index is 2.98. The molecule has 0 aliphatic rings. The molecule has 1 aromatic carbocycles. The van der Waals surface area contributed by atoms with Crippen LogP contribution < -0.4 is 15.4 Å². The molecule has 0 bridgehead atoms. The molecule has 1 aromatic rings. The zero-order chi connectivity index (χ0) is 11.3. The Hall–Kier alpha value is -1.26. The summed E-state index contributed by atoms with van der Waals surface area (Å²) in [6.45, 7) is 4.39. The minimum absolute atomic E-state index is 0.157. The molecule has 0 aliphatic carbocycles. The third-order valence-corrected chi connectivity index (χ3v) is 2.16. The van der Waals surface area contributed by atoms with Crippen LogP contribution in [0, 0.1) is 0 Å². The smallest absolute Gasteiger partial charge is 0.161 e. The Morgan fingerprint density at radius 1 is 1.33 bits per heavy atom. The molecule has 0 aliphatic heterocycles. The second-order valence-electron chi connectivity index (χ2n) is 3.12. The lowest BCUT2D eigenvalue weighted by molar-refractivity contribution is 0.0662. The van der Waals surface area contributed by atoms with Gasteiger partial charge in [-0.2, -0.15) is 0 Å². The average molecular weight is 211 g/mol. The second-order valence-corrected chi connectivity index (χ2v) is 3.12. The van der Waals surface area contributed by atoms with Gasteiger partial charge in [0.05, 0.1) is 13.7 Å². The van der Waals surface area contributed by atoms with Gasteiger partial charge in [0.1, 0.15) is 6.10 Å². The molecule has 84 valence electrons. The van der Waals surface area contributed by atoms with Crippen LogP contribution >= 0.6 is 0 Å². The number of hydrogen-bond acceptors (Lipinski definition) is 4. The maximum atomic E-state index is 5.44. The molecule has 0 saturated carbocycles. The van der Waals surface area contributed by atoms with Crippen molar-refractivity contribution in [3.8, 4) is 11.5 Å². The van der Waals surface area contributed by atoms with Gasteiger partial charge in [-0.15, -0.1) is 0 Å². The molecular weight excluding hydrogens is 194 g/mol. The monoisotopic (exact) mass is 211 g/mol. The lowest BCUT2D eigenvalue weighted by Crippen LogP contribution is -2.06. The fourth-order valence-corrected chi connectivity index (χ4v) is 1.29. The molecule has 0 spiro atoms. The first-order valence-electron chi connectivity index (χ1n) is 4.89. The minimum atomic E-state index is -0.157. The van der Waals surface area contributed by atoms with Gasteiger partial charge < -0.3 is 9.47 Å². The third-order valence-electron chi connectivity index (χ3n) is 2.16. The Morgan fingerprint density at radius 2 is 2.07 bits per heavy atom. The van der Waals surface area contributed by atoms with E-state index in [1.807, 2.05) is 32.0 Å². The number of rotatable bonds is 5. The van der Waals surface area contributed by atoms with Crippen molar-refractivity contribution in [3.63, 3.8) is 0 Å². The zero-order valence-corrected chi connectivity index (χ0v) is 9.32. The number of methoxy groups -OCH3 is 1. The molecule has 2 N–H and O–H groups in total. The van der Waals surface area contributed by atoms with E-state index in [1.54, 1.807) is 7.11 Å². The molecular formula is C11H17NO3. The Kier molecular flexibility index (Phi) is 4.39. The Bertz CT molecular complexity index is 315. The molecule has 0 aromatic heterocycles. The fraction of sp³-hybridized carbons (Fsp3) is 0.455. The van der Waals surface area contributed by atoms with E-state index in [4.69, 9.17) is 20.2 Å². The molecule has 0 amide bonds. The predicted molar refractivity (Wildman–Crippen MR) is 57.9 cm³/mol. The van der Waals surface area contributed by atoms with Crippen LogP contribution in [-0.4, -0.2) is 13.7 Å². The van der Waals surface area contributed by atoms with Crippen molar-refractivity contribution in [3.05, 3.63) is 23.8 Å². The highest BCUT2D eigenvalue weighted by molar-refractivity contribution is 5.43. The van der Waals surface area contributed by atoms with Crippen molar-refractivity contribution in [1.82, 2.24) is 0 Å². The molecule has 15 heavy (non-hydrogen) atoms. The zero-order valence-electron chi connectivity index (χ0n) is 9.32. The van der Waals surface area contributed by atoms with Crippen molar-refractivity contribution in [1.29, 1.82) is 0 Å². The highest BCUT2D eigenvalue weighted by Crippen LogP contribution is 2.30. The van der Waals surface area contributed by atoms with Gasteiger partial charge in [-0.1, -0.05) is 6.07 Å². The van der Waals surface area contributed by atoms with Crippen molar-refractivity contribution < 1.29 is 14.3 Å². The van der Waals surface area contributed by atoms with Crippen molar-refractivity contribution in [2.45, 2.75) is 20.0 Å². The predicted octanol–water partition coefficient (Wildman–Crippen LogP) is 2.05. The lowest BCUT2D eigenvalue weighted by Gasteiger charge is -2.13.